The first-order chi connectivity index (χ1) is 8.35. The Morgan fingerprint density at radius 1 is 1.00 bits per heavy atom. The fraction of sp³-hybridized carbons (Fsp3) is 1.00. The van der Waals surface area contributed by atoms with Crippen LogP contribution in [0, 0.1) is 0 Å². The second-order valence-corrected chi connectivity index (χ2v) is 5.06. The number of fused-ring (bicyclic) bond motifs is 2. The van der Waals surface area contributed by atoms with Crippen LogP contribution in [-0.4, -0.2) is 63.7 Å². The molecule has 17 heavy (non-hydrogen) atoms. The molecule has 3 atom stereocenters. The van der Waals surface area contributed by atoms with Crippen molar-refractivity contribution in [1.82, 2.24) is 4.90 Å². The van der Waals surface area contributed by atoms with Crippen molar-refractivity contribution in [2.24, 2.45) is 0 Å². The molecule has 2 rings (SSSR count). The van der Waals surface area contributed by atoms with E-state index in [0.29, 0.717) is 19.3 Å². The summed E-state index contributed by atoms with van der Waals surface area (Å²) in [5.74, 6) is 0. The number of piperidine rings is 1. The lowest BCUT2D eigenvalue weighted by molar-refractivity contribution is -0.0102. The summed E-state index contributed by atoms with van der Waals surface area (Å²) in [4.78, 5) is 2.63. The Morgan fingerprint density at radius 2 is 1.71 bits per heavy atom. The fourth-order valence-corrected chi connectivity index (χ4v) is 3.20. The first kappa shape index (κ1) is 13.3. The first-order valence-corrected chi connectivity index (χ1v) is 6.70. The van der Waals surface area contributed by atoms with Gasteiger partial charge in [-0.15, -0.1) is 0 Å². The minimum absolute atomic E-state index is 0.484. The van der Waals surface area contributed by atoms with Gasteiger partial charge in [0, 0.05) is 32.8 Å². The lowest BCUT2D eigenvalue weighted by atomic mass is 10.00. The monoisotopic (exact) mass is 243 g/mol. The molecule has 0 aromatic carbocycles. The molecule has 0 aliphatic carbocycles. The van der Waals surface area contributed by atoms with Crippen molar-refractivity contribution in [2.45, 2.75) is 43.9 Å². The maximum Gasteiger partial charge on any atom is 0.0700 e. The van der Waals surface area contributed by atoms with Crippen molar-refractivity contribution >= 4 is 0 Å². The molecule has 0 spiro atoms. The predicted molar refractivity (Wildman–Crippen MR) is 66.2 cm³/mol. The van der Waals surface area contributed by atoms with Gasteiger partial charge in [0.05, 0.1) is 25.9 Å². The predicted octanol–water partition coefficient (Wildman–Crippen LogP) is 1.29. The maximum absolute atomic E-state index is 5.56. The van der Waals surface area contributed by atoms with E-state index in [2.05, 4.69) is 4.90 Å². The number of methoxy groups -OCH3 is 2. The molecule has 2 aliphatic rings. The average molecular weight is 243 g/mol. The third kappa shape index (κ3) is 3.41. The fourth-order valence-electron chi connectivity index (χ4n) is 3.20. The third-order valence-corrected chi connectivity index (χ3v) is 4.10. The molecule has 2 bridgehead atoms. The maximum atomic E-state index is 5.56. The number of nitrogens with zero attached hydrogens (tertiary/aromatic N) is 1. The summed E-state index contributed by atoms with van der Waals surface area (Å²) < 4.78 is 16.0. The van der Waals surface area contributed by atoms with Gasteiger partial charge in [-0.25, -0.2) is 0 Å². The van der Waals surface area contributed by atoms with Crippen LogP contribution >= 0.6 is 0 Å². The van der Waals surface area contributed by atoms with E-state index >= 15 is 0 Å². The molecule has 0 aromatic rings. The van der Waals surface area contributed by atoms with Crippen LogP contribution in [0.1, 0.15) is 25.7 Å². The molecule has 2 heterocycles. The SMILES string of the molecule is COCCOCCN1[C@@H]2CC[C@H]1CC(OC)C2. The van der Waals surface area contributed by atoms with Gasteiger partial charge in [0.1, 0.15) is 0 Å². The highest BCUT2D eigenvalue weighted by Crippen LogP contribution is 2.36. The summed E-state index contributed by atoms with van der Waals surface area (Å²) >= 11 is 0. The van der Waals surface area contributed by atoms with E-state index in [1.165, 1.54) is 25.7 Å². The zero-order valence-electron chi connectivity index (χ0n) is 11.1. The minimum Gasteiger partial charge on any atom is -0.382 e. The van der Waals surface area contributed by atoms with Gasteiger partial charge in [-0.1, -0.05) is 0 Å². The van der Waals surface area contributed by atoms with Gasteiger partial charge in [0.25, 0.3) is 0 Å². The Morgan fingerprint density at radius 3 is 2.29 bits per heavy atom. The van der Waals surface area contributed by atoms with Gasteiger partial charge in [0.2, 0.25) is 0 Å². The van der Waals surface area contributed by atoms with Crippen LogP contribution in [0.5, 0.6) is 0 Å². The smallest absolute Gasteiger partial charge is 0.0700 e. The van der Waals surface area contributed by atoms with E-state index in [1.54, 1.807) is 7.11 Å². The second kappa shape index (κ2) is 6.69. The van der Waals surface area contributed by atoms with Crippen molar-refractivity contribution in [3.63, 3.8) is 0 Å². The number of ether oxygens (including phenoxy) is 3. The zero-order chi connectivity index (χ0) is 12.1. The van der Waals surface area contributed by atoms with Gasteiger partial charge < -0.3 is 14.2 Å². The second-order valence-electron chi connectivity index (χ2n) is 5.06. The highest BCUT2D eigenvalue weighted by Gasteiger charge is 2.40. The third-order valence-electron chi connectivity index (χ3n) is 4.10. The molecule has 0 N–H and O–H groups in total. The number of hydrogen-bond acceptors (Lipinski definition) is 4. The summed E-state index contributed by atoms with van der Waals surface area (Å²) in [6, 6.07) is 1.45. The molecule has 2 fully saturated rings. The molecule has 0 saturated carbocycles. The Balaban J connectivity index is 1.68. The summed E-state index contributed by atoms with van der Waals surface area (Å²) in [7, 11) is 3.55. The molecule has 1 unspecified atom stereocenters. The molecule has 2 aliphatic heterocycles. The molecule has 100 valence electrons. The summed E-state index contributed by atoms with van der Waals surface area (Å²) in [6.07, 6.45) is 5.56. The summed E-state index contributed by atoms with van der Waals surface area (Å²) in [6.45, 7) is 3.29. The van der Waals surface area contributed by atoms with Gasteiger partial charge in [0.15, 0.2) is 0 Å². The Kier molecular flexibility index (Phi) is 5.22. The minimum atomic E-state index is 0.484. The molecule has 0 amide bonds. The zero-order valence-corrected chi connectivity index (χ0v) is 11.1. The van der Waals surface area contributed by atoms with Crippen LogP contribution in [0.4, 0.5) is 0 Å². The highest BCUT2D eigenvalue weighted by atomic mass is 16.5. The summed E-state index contributed by atoms with van der Waals surface area (Å²) in [5, 5.41) is 0. The Hall–Kier alpha value is -0.160. The van der Waals surface area contributed by atoms with E-state index in [1.807, 2.05) is 7.11 Å². The van der Waals surface area contributed by atoms with Crippen molar-refractivity contribution < 1.29 is 14.2 Å². The number of hydrogen-bond donors (Lipinski definition) is 0. The molecule has 0 aromatic heterocycles. The van der Waals surface area contributed by atoms with E-state index in [-0.39, 0.29) is 0 Å². The first-order valence-electron chi connectivity index (χ1n) is 6.70. The Labute approximate surface area is 104 Å². The molecular weight excluding hydrogens is 218 g/mol. The molecular formula is C13H25NO3. The van der Waals surface area contributed by atoms with Gasteiger partial charge in [-0.3, -0.25) is 4.90 Å². The highest BCUT2D eigenvalue weighted by molar-refractivity contribution is 4.95. The summed E-state index contributed by atoms with van der Waals surface area (Å²) in [5.41, 5.74) is 0. The topological polar surface area (TPSA) is 30.9 Å². The normalized spacial score (nSPS) is 33.2. The van der Waals surface area contributed by atoms with Crippen molar-refractivity contribution in [1.29, 1.82) is 0 Å². The van der Waals surface area contributed by atoms with E-state index in [0.717, 1.165) is 25.2 Å². The molecule has 4 heteroatoms. The van der Waals surface area contributed by atoms with Crippen LogP contribution in [0.15, 0.2) is 0 Å². The lowest BCUT2D eigenvalue weighted by Gasteiger charge is -2.38. The molecule has 4 nitrogen and oxygen atoms in total. The standard InChI is InChI=1S/C13H25NO3/c1-15-7-8-17-6-5-14-11-3-4-12(14)10-13(9-11)16-2/h11-13H,3-10H2,1-2H3/t11-,12+,13?. The van der Waals surface area contributed by atoms with Crippen LogP contribution in [-0.2, 0) is 14.2 Å². The van der Waals surface area contributed by atoms with Gasteiger partial charge >= 0.3 is 0 Å². The van der Waals surface area contributed by atoms with Crippen LogP contribution < -0.4 is 0 Å². The van der Waals surface area contributed by atoms with E-state index in [9.17, 15) is 0 Å². The number of rotatable bonds is 7. The van der Waals surface area contributed by atoms with Crippen LogP contribution in [0.3, 0.4) is 0 Å². The van der Waals surface area contributed by atoms with Gasteiger partial charge in [-0.2, -0.15) is 0 Å². The lowest BCUT2D eigenvalue weighted by Crippen LogP contribution is -2.46. The van der Waals surface area contributed by atoms with Crippen LogP contribution in [0.25, 0.3) is 0 Å². The quantitative estimate of drug-likeness (QED) is 0.631. The van der Waals surface area contributed by atoms with Crippen LogP contribution in [0.2, 0.25) is 0 Å². The average Bonchev–Trinajstić information content (AvgIpc) is 2.60. The Bertz CT molecular complexity index is 211. The van der Waals surface area contributed by atoms with E-state index < -0.39 is 0 Å². The van der Waals surface area contributed by atoms with Gasteiger partial charge in [-0.05, 0) is 25.7 Å². The molecule has 0 radical (unpaired) electrons. The van der Waals surface area contributed by atoms with Crippen molar-refractivity contribution in [3.8, 4) is 0 Å². The van der Waals surface area contributed by atoms with Crippen molar-refractivity contribution in [3.05, 3.63) is 0 Å². The molecule has 2 saturated heterocycles. The van der Waals surface area contributed by atoms with E-state index in [4.69, 9.17) is 14.2 Å². The van der Waals surface area contributed by atoms with Crippen molar-refractivity contribution in [2.75, 3.05) is 40.6 Å². The largest absolute Gasteiger partial charge is 0.382 e.